The average molecular weight is 282 g/mol. The minimum Gasteiger partial charge on any atom is -0.312 e. The van der Waals surface area contributed by atoms with Crippen LogP contribution in [0.3, 0.4) is 0 Å². The van der Waals surface area contributed by atoms with Gasteiger partial charge in [0.05, 0.1) is 11.7 Å². The molecule has 2 aromatic heterocycles. The highest BCUT2D eigenvalue weighted by Gasteiger charge is 2.26. The van der Waals surface area contributed by atoms with E-state index in [0.29, 0.717) is 6.04 Å². The van der Waals surface area contributed by atoms with Gasteiger partial charge in [0, 0.05) is 48.7 Å². The van der Waals surface area contributed by atoms with Crippen molar-refractivity contribution in [3.05, 3.63) is 35.8 Å². The molecule has 1 saturated carbocycles. The Morgan fingerprint density at radius 1 is 1.19 bits per heavy atom. The molecule has 4 rings (SSSR count). The van der Waals surface area contributed by atoms with E-state index >= 15 is 0 Å². The van der Waals surface area contributed by atoms with E-state index in [9.17, 15) is 0 Å². The first-order valence-electron chi connectivity index (χ1n) is 8.15. The summed E-state index contributed by atoms with van der Waals surface area (Å²) >= 11 is 0. The van der Waals surface area contributed by atoms with Gasteiger partial charge < -0.3 is 5.32 Å². The van der Waals surface area contributed by atoms with Gasteiger partial charge in [0.15, 0.2) is 0 Å². The summed E-state index contributed by atoms with van der Waals surface area (Å²) in [6, 6.07) is 4.73. The molecule has 0 atom stereocenters. The number of nitrogens with one attached hydrogen (secondary N) is 1. The molecule has 110 valence electrons. The van der Waals surface area contributed by atoms with Gasteiger partial charge >= 0.3 is 0 Å². The molecule has 0 spiro atoms. The number of aromatic nitrogens is 3. The summed E-state index contributed by atoms with van der Waals surface area (Å²) < 4.78 is 2.36. The fraction of sp³-hybridized carbons (Fsp3) is 0.529. The smallest absolute Gasteiger partial charge is 0.0986 e. The third-order valence-corrected chi connectivity index (χ3v) is 4.81. The normalized spacial score (nSPS) is 19.4. The zero-order valence-electron chi connectivity index (χ0n) is 12.4. The van der Waals surface area contributed by atoms with Gasteiger partial charge in [-0.3, -0.25) is 9.67 Å². The quantitative estimate of drug-likeness (QED) is 0.920. The zero-order chi connectivity index (χ0) is 14.1. The van der Waals surface area contributed by atoms with Gasteiger partial charge in [0.2, 0.25) is 0 Å². The second-order valence-electron chi connectivity index (χ2n) is 6.18. The number of rotatable bonds is 2. The van der Waals surface area contributed by atoms with Crippen LogP contribution in [0, 0.1) is 0 Å². The van der Waals surface area contributed by atoms with Crippen LogP contribution in [0.4, 0.5) is 0 Å². The maximum Gasteiger partial charge on any atom is 0.0986 e. The third-order valence-electron chi connectivity index (χ3n) is 4.81. The highest BCUT2D eigenvalue weighted by molar-refractivity contribution is 5.63. The molecule has 3 heterocycles. The summed E-state index contributed by atoms with van der Waals surface area (Å²) in [6.07, 6.45) is 11.5. The lowest BCUT2D eigenvalue weighted by Crippen LogP contribution is -2.26. The van der Waals surface area contributed by atoms with Crippen LogP contribution < -0.4 is 5.32 Å². The van der Waals surface area contributed by atoms with Gasteiger partial charge in [-0.15, -0.1) is 0 Å². The topological polar surface area (TPSA) is 42.7 Å². The molecule has 1 fully saturated rings. The molecule has 1 N–H and O–H groups in total. The number of hydrogen-bond acceptors (Lipinski definition) is 3. The molecule has 2 aliphatic rings. The van der Waals surface area contributed by atoms with E-state index in [1.54, 1.807) is 0 Å². The zero-order valence-corrected chi connectivity index (χ0v) is 12.4. The second kappa shape index (κ2) is 5.60. The minimum absolute atomic E-state index is 0.607. The van der Waals surface area contributed by atoms with Crippen molar-refractivity contribution in [1.82, 2.24) is 20.1 Å². The van der Waals surface area contributed by atoms with Crippen LogP contribution in [-0.4, -0.2) is 21.3 Å². The Labute approximate surface area is 125 Å². The number of pyridine rings is 1. The van der Waals surface area contributed by atoms with Crippen LogP contribution >= 0.6 is 0 Å². The lowest BCUT2D eigenvalue weighted by atomic mass is 9.95. The maximum absolute atomic E-state index is 5.02. The maximum atomic E-state index is 5.02. The Kier molecular flexibility index (Phi) is 3.47. The van der Waals surface area contributed by atoms with Crippen LogP contribution in [0.15, 0.2) is 24.5 Å². The molecular weight excluding hydrogens is 260 g/mol. The van der Waals surface area contributed by atoms with Crippen molar-refractivity contribution in [2.24, 2.45) is 0 Å². The minimum atomic E-state index is 0.607. The average Bonchev–Trinajstić information content (AvgIpc) is 2.96. The number of nitrogens with zero attached hydrogens (tertiary/aromatic N) is 3. The van der Waals surface area contributed by atoms with Crippen molar-refractivity contribution in [3.63, 3.8) is 0 Å². The van der Waals surface area contributed by atoms with E-state index < -0.39 is 0 Å². The predicted molar refractivity (Wildman–Crippen MR) is 83.0 cm³/mol. The largest absolute Gasteiger partial charge is 0.312 e. The van der Waals surface area contributed by atoms with Gasteiger partial charge in [-0.2, -0.15) is 5.10 Å². The van der Waals surface area contributed by atoms with Crippen LogP contribution in [0.2, 0.25) is 0 Å². The van der Waals surface area contributed by atoms with Crippen molar-refractivity contribution in [3.8, 4) is 11.3 Å². The number of hydrogen-bond donors (Lipinski definition) is 1. The van der Waals surface area contributed by atoms with E-state index in [0.717, 1.165) is 30.8 Å². The molecular formula is C17H22N4. The Balaban J connectivity index is 1.79. The molecule has 4 heteroatoms. The lowest BCUT2D eigenvalue weighted by Gasteiger charge is -2.25. The molecule has 4 nitrogen and oxygen atoms in total. The molecule has 0 saturated heterocycles. The van der Waals surface area contributed by atoms with E-state index in [-0.39, 0.29) is 0 Å². The molecule has 0 radical (unpaired) electrons. The molecule has 21 heavy (non-hydrogen) atoms. The predicted octanol–water partition coefficient (Wildman–Crippen LogP) is 3.10. The van der Waals surface area contributed by atoms with Crippen LogP contribution in [0.5, 0.6) is 0 Å². The van der Waals surface area contributed by atoms with Crippen LogP contribution in [0.1, 0.15) is 49.4 Å². The lowest BCUT2D eigenvalue weighted by molar-refractivity contribution is 0.320. The SMILES string of the molecule is c1cncc(-c2nn(C3CCCCC3)c3c2CNCC3)c1. The monoisotopic (exact) mass is 282 g/mol. The standard InChI is InChI=1S/C17H22N4/c1-2-6-14(7-3-1)21-16-8-10-19-12-15(16)17(20-21)13-5-4-9-18-11-13/h4-5,9,11,14,19H,1-3,6-8,10,12H2. The molecule has 2 aromatic rings. The van der Waals surface area contributed by atoms with E-state index in [4.69, 9.17) is 5.10 Å². The van der Waals surface area contributed by atoms with Gasteiger partial charge in [0.1, 0.15) is 0 Å². The van der Waals surface area contributed by atoms with Crippen molar-refractivity contribution in [2.75, 3.05) is 6.54 Å². The molecule has 0 amide bonds. The summed E-state index contributed by atoms with van der Waals surface area (Å²) in [4.78, 5) is 4.26. The summed E-state index contributed by atoms with van der Waals surface area (Å²) in [5.74, 6) is 0. The molecule has 1 aliphatic carbocycles. The Bertz CT molecular complexity index is 611. The Morgan fingerprint density at radius 3 is 2.90 bits per heavy atom. The summed E-state index contributed by atoms with van der Waals surface area (Å²) in [5, 5.41) is 8.52. The second-order valence-corrected chi connectivity index (χ2v) is 6.18. The first-order chi connectivity index (χ1) is 10.4. The van der Waals surface area contributed by atoms with E-state index in [1.807, 2.05) is 18.5 Å². The highest BCUT2D eigenvalue weighted by atomic mass is 15.3. The summed E-state index contributed by atoms with van der Waals surface area (Å²) in [7, 11) is 0. The first kappa shape index (κ1) is 13.0. The highest BCUT2D eigenvalue weighted by Crippen LogP contribution is 2.34. The van der Waals surface area contributed by atoms with Crippen molar-refractivity contribution >= 4 is 0 Å². The molecule has 0 aromatic carbocycles. The first-order valence-corrected chi connectivity index (χ1v) is 8.15. The Hall–Kier alpha value is -1.68. The van der Waals surface area contributed by atoms with Gasteiger partial charge in [-0.1, -0.05) is 19.3 Å². The van der Waals surface area contributed by atoms with Gasteiger partial charge in [-0.05, 0) is 25.0 Å². The Morgan fingerprint density at radius 2 is 2.10 bits per heavy atom. The van der Waals surface area contributed by atoms with Crippen molar-refractivity contribution in [2.45, 2.75) is 51.1 Å². The van der Waals surface area contributed by atoms with Crippen molar-refractivity contribution in [1.29, 1.82) is 0 Å². The van der Waals surface area contributed by atoms with Crippen LogP contribution in [0.25, 0.3) is 11.3 Å². The van der Waals surface area contributed by atoms with Crippen LogP contribution in [-0.2, 0) is 13.0 Å². The van der Waals surface area contributed by atoms with E-state index in [1.165, 1.54) is 43.4 Å². The summed E-state index contributed by atoms with van der Waals surface area (Å²) in [5.41, 5.74) is 5.13. The fourth-order valence-electron chi connectivity index (χ4n) is 3.74. The molecule has 0 unspecified atom stereocenters. The number of fused-ring (bicyclic) bond motifs is 1. The van der Waals surface area contributed by atoms with Gasteiger partial charge in [0.25, 0.3) is 0 Å². The van der Waals surface area contributed by atoms with Gasteiger partial charge in [-0.25, -0.2) is 0 Å². The van der Waals surface area contributed by atoms with E-state index in [2.05, 4.69) is 21.0 Å². The fourth-order valence-corrected chi connectivity index (χ4v) is 3.74. The third kappa shape index (κ3) is 2.38. The molecule has 0 bridgehead atoms. The molecule has 1 aliphatic heterocycles. The summed E-state index contributed by atoms with van der Waals surface area (Å²) in [6.45, 7) is 2.00. The van der Waals surface area contributed by atoms with Crippen molar-refractivity contribution < 1.29 is 0 Å².